The van der Waals surface area contributed by atoms with Gasteiger partial charge in [0.15, 0.2) is 0 Å². The Morgan fingerprint density at radius 2 is 1.62 bits per heavy atom. The highest BCUT2D eigenvalue weighted by Gasteiger charge is 2.31. The van der Waals surface area contributed by atoms with Crippen LogP contribution in [0.2, 0.25) is 0 Å². The number of benzene rings is 3. The summed E-state index contributed by atoms with van der Waals surface area (Å²) >= 11 is 3.52. The molecule has 0 fully saturated rings. The van der Waals surface area contributed by atoms with Crippen LogP contribution < -0.4 is 10.1 Å². The fraction of sp³-hybridized carbons (Fsp3) is 0.217. The number of carboxylic acids is 1. The molecule has 0 radical (unpaired) electrons. The first-order chi connectivity index (χ1) is 13.7. The fourth-order valence-corrected chi connectivity index (χ4v) is 3.55. The Bertz CT molecular complexity index is 1060. The largest absolute Gasteiger partial charge is 0.485 e. The van der Waals surface area contributed by atoms with Gasteiger partial charge in [0.25, 0.3) is 5.91 Å². The van der Waals surface area contributed by atoms with E-state index in [1.54, 1.807) is 6.07 Å². The van der Waals surface area contributed by atoms with Crippen molar-refractivity contribution in [1.82, 2.24) is 5.32 Å². The number of carbonyl (C=O) groups excluding carboxylic acids is 1. The number of aliphatic carboxylic acids is 1. The summed E-state index contributed by atoms with van der Waals surface area (Å²) in [6.07, 6.45) is -0.306. The second kappa shape index (κ2) is 8.25. The molecule has 0 aromatic heterocycles. The van der Waals surface area contributed by atoms with E-state index < -0.39 is 17.4 Å². The zero-order valence-electron chi connectivity index (χ0n) is 16.4. The van der Waals surface area contributed by atoms with Crippen molar-refractivity contribution in [3.63, 3.8) is 0 Å². The number of hydrogen-bond acceptors (Lipinski definition) is 3. The number of nitrogens with one attached hydrogen (secondary N) is 1. The molecular formula is C23H22BrNO4. The third kappa shape index (κ3) is 4.43. The topological polar surface area (TPSA) is 75.6 Å². The monoisotopic (exact) mass is 455 g/mol. The average molecular weight is 456 g/mol. The molecule has 1 unspecified atom stereocenters. The van der Waals surface area contributed by atoms with Crippen molar-refractivity contribution in [2.45, 2.75) is 32.4 Å². The summed E-state index contributed by atoms with van der Waals surface area (Å²) in [5, 5.41) is 13.6. The van der Waals surface area contributed by atoms with Crippen molar-refractivity contribution in [3.05, 3.63) is 76.3 Å². The van der Waals surface area contributed by atoms with Gasteiger partial charge in [0.2, 0.25) is 0 Å². The van der Waals surface area contributed by atoms with Crippen molar-refractivity contribution in [2.75, 3.05) is 0 Å². The third-order valence-electron chi connectivity index (χ3n) is 4.71. The van der Waals surface area contributed by atoms with Crippen molar-refractivity contribution in [3.8, 4) is 5.75 Å². The van der Waals surface area contributed by atoms with Crippen LogP contribution in [-0.2, 0) is 4.79 Å². The second-order valence-electron chi connectivity index (χ2n) is 7.34. The Labute approximate surface area is 177 Å². The molecular weight excluding hydrogens is 434 g/mol. The average Bonchev–Trinajstić information content (AvgIpc) is 2.70. The second-order valence-corrected chi connectivity index (χ2v) is 8.19. The van der Waals surface area contributed by atoms with Gasteiger partial charge in [0.1, 0.15) is 17.4 Å². The van der Waals surface area contributed by atoms with Gasteiger partial charge >= 0.3 is 5.97 Å². The predicted octanol–water partition coefficient (Wildman–Crippen LogP) is 5.34. The summed E-state index contributed by atoms with van der Waals surface area (Å²) in [5.74, 6) is -1.22. The molecule has 3 aromatic carbocycles. The van der Waals surface area contributed by atoms with E-state index in [1.165, 1.54) is 13.8 Å². The zero-order chi connectivity index (χ0) is 21.2. The maximum absolute atomic E-state index is 13.0. The molecule has 29 heavy (non-hydrogen) atoms. The number of rotatable bonds is 6. The standard InChI is InChI=1S/C23H22BrNO4/c1-14(15-9-5-4-6-10-15)29-20-17-12-8-7-11-16(17)19(24)13-18(20)21(26)25-23(2,3)22(27)28/h4-14H,1-3H3,(H,25,26)(H,27,28). The highest BCUT2D eigenvalue weighted by atomic mass is 79.9. The molecule has 1 atom stereocenters. The molecule has 0 saturated heterocycles. The molecule has 3 aromatic rings. The Hall–Kier alpha value is -2.86. The normalized spacial score (nSPS) is 12.4. The number of halogens is 1. The van der Waals surface area contributed by atoms with Crippen LogP contribution in [0.3, 0.4) is 0 Å². The molecule has 150 valence electrons. The van der Waals surface area contributed by atoms with E-state index in [0.29, 0.717) is 5.75 Å². The lowest BCUT2D eigenvalue weighted by Gasteiger charge is -2.24. The van der Waals surface area contributed by atoms with E-state index in [2.05, 4.69) is 21.2 Å². The van der Waals surface area contributed by atoms with Gasteiger partial charge in [0.05, 0.1) is 5.56 Å². The third-order valence-corrected chi connectivity index (χ3v) is 5.37. The number of ether oxygens (including phenoxy) is 1. The number of fused-ring (bicyclic) bond motifs is 1. The van der Waals surface area contributed by atoms with Gasteiger partial charge in [-0.1, -0.05) is 70.5 Å². The van der Waals surface area contributed by atoms with Crippen molar-refractivity contribution >= 4 is 38.6 Å². The summed E-state index contributed by atoms with van der Waals surface area (Å²) in [7, 11) is 0. The minimum absolute atomic E-state index is 0.271. The Morgan fingerprint density at radius 1 is 1.03 bits per heavy atom. The summed E-state index contributed by atoms with van der Waals surface area (Å²) in [6.45, 7) is 4.79. The van der Waals surface area contributed by atoms with Gasteiger partial charge in [-0.05, 0) is 37.8 Å². The van der Waals surface area contributed by atoms with E-state index in [9.17, 15) is 14.7 Å². The number of carboxylic acid groups (broad SMARTS) is 1. The first-order valence-electron chi connectivity index (χ1n) is 9.19. The Balaban J connectivity index is 2.10. The SMILES string of the molecule is CC(Oc1c(C(=O)NC(C)(C)C(=O)O)cc(Br)c2ccccc12)c1ccccc1. The van der Waals surface area contributed by atoms with Gasteiger partial charge in [-0.2, -0.15) is 0 Å². The van der Waals surface area contributed by atoms with Crippen LogP contribution in [0.25, 0.3) is 10.8 Å². The highest BCUT2D eigenvalue weighted by Crippen LogP contribution is 2.38. The Kier molecular flexibility index (Phi) is 5.94. The molecule has 3 rings (SSSR count). The predicted molar refractivity (Wildman–Crippen MR) is 116 cm³/mol. The van der Waals surface area contributed by atoms with Crippen LogP contribution >= 0.6 is 15.9 Å². The summed E-state index contributed by atoms with van der Waals surface area (Å²) in [6, 6.07) is 19.0. The molecule has 0 aliphatic heterocycles. The molecule has 0 bridgehead atoms. The first-order valence-corrected chi connectivity index (χ1v) is 9.99. The summed E-state index contributed by atoms with van der Waals surface area (Å²) in [5.41, 5.74) is -0.179. The van der Waals surface area contributed by atoms with Crippen LogP contribution in [0.1, 0.15) is 42.8 Å². The van der Waals surface area contributed by atoms with Crippen LogP contribution in [0.5, 0.6) is 5.75 Å². The van der Waals surface area contributed by atoms with E-state index in [1.807, 2.05) is 61.5 Å². The molecule has 0 heterocycles. The number of hydrogen-bond donors (Lipinski definition) is 2. The van der Waals surface area contributed by atoms with Gasteiger partial charge in [-0.25, -0.2) is 4.79 Å². The quantitative estimate of drug-likeness (QED) is 0.526. The molecule has 0 saturated carbocycles. The minimum atomic E-state index is -1.42. The van der Waals surface area contributed by atoms with Crippen molar-refractivity contribution in [2.24, 2.45) is 0 Å². The molecule has 6 heteroatoms. The smallest absolute Gasteiger partial charge is 0.328 e. The highest BCUT2D eigenvalue weighted by molar-refractivity contribution is 9.10. The summed E-state index contributed by atoms with van der Waals surface area (Å²) < 4.78 is 6.99. The molecule has 0 spiro atoms. The van der Waals surface area contributed by atoms with Crippen LogP contribution in [0.4, 0.5) is 0 Å². The van der Waals surface area contributed by atoms with E-state index in [0.717, 1.165) is 20.8 Å². The first kappa shape index (κ1) is 20.9. The lowest BCUT2D eigenvalue weighted by atomic mass is 10.0. The number of amides is 1. The Morgan fingerprint density at radius 3 is 2.24 bits per heavy atom. The number of carbonyl (C=O) groups is 2. The van der Waals surface area contributed by atoms with Gasteiger partial charge in [-0.3, -0.25) is 4.79 Å². The van der Waals surface area contributed by atoms with Gasteiger partial charge < -0.3 is 15.2 Å². The van der Waals surface area contributed by atoms with Gasteiger partial charge in [0, 0.05) is 9.86 Å². The van der Waals surface area contributed by atoms with E-state index >= 15 is 0 Å². The molecule has 5 nitrogen and oxygen atoms in total. The molecule has 0 aliphatic rings. The molecule has 2 N–H and O–H groups in total. The van der Waals surface area contributed by atoms with Crippen molar-refractivity contribution < 1.29 is 19.4 Å². The maximum Gasteiger partial charge on any atom is 0.328 e. The summed E-state index contributed by atoms with van der Waals surface area (Å²) in [4.78, 5) is 24.5. The maximum atomic E-state index is 13.0. The van der Waals surface area contributed by atoms with E-state index in [-0.39, 0.29) is 11.7 Å². The lowest BCUT2D eigenvalue weighted by molar-refractivity contribution is -0.143. The van der Waals surface area contributed by atoms with Crippen LogP contribution in [0.15, 0.2) is 65.1 Å². The zero-order valence-corrected chi connectivity index (χ0v) is 18.0. The molecule has 1 amide bonds. The lowest BCUT2D eigenvalue weighted by Crippen LogP contribution is -2.49. The van der Waals surface area contributed by atoms with E-state index in [4.69, 9.17) is 4.74 Å². The van der Waals surface area contributed by atoms with Gasteiger partial charge in [-0.15, -0.1) is 0 Å². The van der Waals surface area contributed by atoms with Crippen molar-refractivity contribution in [1.29, 1.82) is 0 Å². The fourth-order valence-electron chi connectivity index (χ4n) is 2.97. The van der Waals surface area contributed by atoms with Crippen LogP contribution in [0, 0.1) is 0 Å². The van der Waals surface area contributed by atoms with Crippen LogP contribution in [-0.4, -0.2) is 22.5 Å². The minimum Gasteiger partial charge on any atom is -0.485 e. The molecule has 0 aliphatic carbocycles.